The summed E-state index contributed by atoms with van der Waals surface area (Å²) in [5.74, 6) is -2.28. The minimum Gasteiger partial charge on any atom is -0.482 e. The summed E-state index contributed by atoms with van der Waals surface area (Å²) in [7, 11) is 0. The largest absolute Gasteiger partial charge is 0.482 e. The smallest absolute Gasteiger partial charge is 0.272 e. The molecule has 1 unspecified atom stereocenters. The first-order valence-electron chi connectivity index (χ1n) is 11.8. The number of anilines is 2. The average Bonchev–Trinajstić information content (AvgIpc) is 2.86. The lowest BCUT2D eigenvalue weighted by atomic mass is 9.96. The van der Waals surface area contributed by atoms with Crippen molar-refractivity contribution in [3.05, 3.63) is 121 Å². The Morgan fingerprint density at radius 3 is 2.11 bits per heavy atom. The van der Waals surface area contributed by atoms with E-state index in [4.69, 9.17) is 4.74 Å². The van der Waals surface area contributed by atoms with Crippen LogP contribution >= 0.6 is 0 Å². The van der Waals surface area contributed by atoms with Gasteiger partial charge < -0.3 is 10.1 Å². The zero-order valence-electron chi connectivity index (χ0n) is 20.9. The third kappa shape index (κ3) is 5.91. The predicted octanol–water partition coefficient (Wildman–Crippen LogP) is 6.06. The molecule has 0 spiro atoms. The van der Waals surface area contributed by atoms with Crippen molar-refractivity contribution in [3.8, 4) is 5.75 Å². The summed E-state index contributed by atoms with van der Waals surface area (Å²) in [5.41, 5.74) is 0.643. The van der Waals surface area contributed by atoms with Crippen molar-refractivity contribution < 1.29 is 17.9 Å². The van der Waals surface area contributed by atoms with Gasteiger partial charge in [0.15, 0.2) is 17.4 Å². The molecule has 0 heterocycles. The van der Waals surface area contributed by atoms with Gasteiger partial charge in [0.1, 0.15) is 17.1 Å². The maximum atomic E-state index is 13.9. The second-order valence-corrected chi connectivity index (χ2v) is 9.87. The zero-order chi connectivity index (χ0) is 26.9. The van der Waals surface area contributed by atoms with E-state index in [1.54, 1.807) is 51.1 Å². The summed E-state index contributed by atoms with van der Waals surface area (Å²) >= 11 is 0. The molecule has 0 fully saturated rings. The highest BCUT2D eigenvalue weighted by molar-refractivity contribution is 5.70. The summed E-state index contributed by atoms with van der Waals surface area (Å²) in [6, 6.07) is 15.9. The number of benzene rings is 3. The maximum Gasteiger partial charge on any atom is 0.272 e. The molecule has 0 aliphatic heterocycles. The van der Waals surface area contributed by atoms with Crippen LogP contribution in [0, 0.1) is 17.5 Å². The van der Waals surface area contributed by atoms with E-state index in [0.717, 1.165) is 23.3 Å². The predicted molar refractivity (Wildman–Crippen MR) is 138 cm³/mol. The number of rotatable bonds is 8. The molecule has 4 rings (SSSR count). The highest BCUT2D eigenvalue weighted by Crippen LogP contribution is 2.31. The van der Waals surface area contributed by atoms with Crippen LogP contribution in [-0.4, -0.2) is 5.60 Å². The standard InChI is InChI=1S/C29H27F3N2O3/c1-16(18-10-13-22(31)23(32)15-18)33-24(17-8-11-20(30)12-9-17)19-6-5-7-21(14-19)34-25-26(35)27(36)28(25)37-29(2,3)4/h5-16,24,33-34H,1-4H3/t16-,24?/m1/s1. The van der Waals surface area contributed by atoms with Crippen molar-refractivity contribution in [1.82, 2.24) is 5.32 Å². The molecule has 0 aliphatic carbocycles. The van der Waals surface area contributed by atoms with E-state index < -0.39 is 46.0 Å². The van der Waals surface area contributed by atoms with E-state index >= 15 is 0 Å². The van der Waals surface area contributed by atoms with Crippen LogP contribution in [0.4, 0.5) is 24.5 Å². The SMILES string of the molecule is C[C@@H](NC(c1ccc(F)cc1)c1cccc(Nc2c(OC(C)(C)C)c(=O)c2=O)c1)c1ccc(F)c(F)c1. The molecule has 192 valence electrons. The summed E-state index contributed by atoms with van der Waals surface area (Å²) in [6.07, 6.45) is 0. The van der Waals surface area contributed by atoms with E-state index in [1.807, 2.05) is 13.0 Å². The number of hydrogen-bond donors (Lipinski definition) is 2. The van der Waals surface area contributed by atoms with Crippen LogP contribution in [0.2, 0.25) is 0 Å². The number of halogens is 3. The first-order valence-corrected chi connectivity index (χ1v) is 11.8. The quantitative estimate of drug-likeness (QED) is 0.283. The molecule has 0 amide bonds. The Labute approximate surface area is 212 Å². The average molecular weight is 509 g/mol. The van der Waals surface area contributed by atoms with Gasteiger partial charge in [0, 0.05) is 11.7 Å². The van der Waals surface area contributed by atoms with Crippen LogP contribution in [0.3, 0.4) is 0 Å². The Morgan fingerprint density at radius 2 is 1.46 bits per heavy atom. The monoisotopic (exact) mass is 508 g/mol. The van der Waals surface area contributed by atoms with E-state index in [2.05, 4.69) is 10.6 Å². The first-order chi connectivity index (χ1) is 17.4. The molecule has 5 nitrogen and oxygen atoms in total. The molecule has 37 heavy (non-hydrogen) atoms. The molecule has 4 aromatic carbocycles. The van der Waals surface area contributed by atoms with Gasteiger partial charge in [-0.25, -0.2) is 13.2 Å². The zero-order valence-corrected chi connectivity index (χ0v) is 20.9. The lowest BCUT2D eigenvalue weighted by Gasteiger charge is -2.26. The number of ether oxygens (including phenoxy) is 1. The van der Waals surface area contributed by atoms with Gasteiger partial charge in [-0.1, -0.05) is 30.3 Å². The van der Waals surface area contributed by atoms with E-state index in [9.17, 15) is 22.8 Å². The summed E-state index contributed by atoms with van der Waals surface area (Å²) < 4.78 is 46.6. The second-order valence-electron chi connectivity index (χ2n) is 9.87. The maximum absolute atomic E-state index is 13.9. The van der Waals surface area contributed by atoms with Crippen LogP contribution in [0.15, 0.2) is 76.3 Å². The van der Waals surface area contributed by atoms with Crippen molar-refractivity contribution in [3.63, 3.8) is 0 Å². The highest BCUT2D eigenvalue weighted by atomic mass is 19.2. The van der Waals surface area contributed by atoms with Crippen molar-refractivity contribution in [2.24, 2.45) is 0 Å². The third-order valence-electron chi connectivity index (χ3n) is 5.83. The molecule has 0 aliphatic rings. The van der Waals surface area contributed by atoms with Gasteiger partial charge in [-0.15, -0.1) is 0 Å². The van der Waals surface area contributed by atoms with Crippen LogP contribution < -0.4 is 26.2 Å². The Hall–Kier alpha value is -3.91. The van der Waals surface area contributed by atoms with Gasteiger partial charge in [0.2, 0.25) is 0 Å². The number of nitrogens with one attached hydrogen (secondary N) is 2. The molecule has 2 atom stereocenters. The van der Waals surface area contributed by atoms with Crippen molar-refractivity contribution in [2.45, 2.75) is 45.4 Å². The molecular weight excluding hydrogens is 481 g/mol. The molecule has 8 heteroatoms. The van der Waals surface area contributed by atoms with Gasteiger partial charge in [-0.2, -0.15) is 0 Å². The summed E-state index contributed by atoms with van der Waals surface area (Å²) in [6.45, 7) is 7.15. The molecular formula is C29H27F3N2O3. The van der Waals surface area contributed by atoms with Crippen LogP contribution in [-0.2, 0) is 0 Å². The van der Waals surface area contributed by atoms with Crippen molar-refractivity contribution in [2.75, 3.05) is 5.32 Å². The molecule has 4 aromatic rings. The molecule has 0 saturated carbocycles. The fourth-order valence-corrected chi connectivity index (χ4v) is 4.00. The van der Waals surface area contributed by atoms with Crippen molar-refractivity contribution in [1.29, 1.82) is 0 Å². The molecule has 2 N–H and O–H groups in total. The lowest BCUT2D eigenvalue weighted by molar-refractivity contribution is 0.128. The van der Waals surface area contributed by atoms with Crippen LogP contribution in [0.1, 0.15) is 56.5 Å². The van der Waals surface area contributed by atoms with Crippen molar-refractivity contribution >= 4 is 11.4 Å². The molecule has 0 saturated heterocycles. The second kappa shape index (κ2) is 10.2. The minimum atomic E-state index is -0.947. The Morgan fingerprint density at radius 1 is 0.784 bits per heavy atom. The van der Waals surface area contributed by atoms with Gasteiger partial charge in [-0.05, 0) is 80.8 Å². The Kier molecular flexibility index (Phi) is 7.23. The summed E-state index contributed by atoms with van der Waals surface area (Å²) in [4.78, 5) is 24.3. The van der Waals surface area contributed by atoms with Gasteiger partial charge in [0.05, 0.1) is 6.04 Å². The Balaban J connectivity index is 1.66. The van der Waals surface area contributed by atoms with Crippen LogP contribution in [0.25, 0.3) is 0 Å². The van der Waals surface area contributed by atoms with E-state index in [1.165, 1.54) is 18.2 Å². The van der Waals surface area contributed by atoms with Gasteiger partial charge in [-0.3, -0.25) is 14.9 Å². The summed E-state index contributed by atoms with van der Waals surface area (Å²) in [5, 5.41) is 6.39. The topological polar surface area (TPSA) is 67.4 Å². The fraction of sp³-hybridized carbons (Fsp3) is 0.241. The van der Waals surface area contributed by atoms with Gasteiger partial charge >= 0.3 is 0 Å². The third-order valence-corrected chi connectivity index (χ3v) is 5.83. The Bertz CT molecular complexity index is 1490. The molecule has 0 bridgehead atoms. The minimum absolute atomic E-state index is 0.0110. The van der Waals surface area contributed by atoms with E-state index in [-0.39, 0.29) is 11.4 Å². The van der Waals surface area contributed by atoms with E-state index in [0.29, 0.717) is 11.3 Å². The highest BCUT2D eigenvalue weighted by Gasteiger charge is 2.27. The fourth-order valence-electron chi connectivity index (χ4n) is 4.00. The lowest BCUT2D eigenvalue weighted by Crippen LogP contribution is -2.39. The molecule has 0 aromatic heterocycles. The number of hydrogen-bond acceptors (Lipinski definition) is 5. The first kappa shape index (κ1) is 26.2. The normalized spacial score (nSPS) is 13.4. The van der Waals surface area contributed by atoms with Crippen LogP contribution in [0.5, 0.6) is 5.75 Å². The van der Waals surface area contributed by atoms with Gasteiger partial charge in [0.25, 0.3) is 10.9 Å². The molecule has 0 radical (unpaired) electrons.